The number of aromatic nitrogens is 1. The Morgan fingerprint density at radius 2 is 1.76 bits per heavy atom. The number of nitrogens with one attached hydrogen (secondary N) is 2. The molecule has 14 heteroatoms. The van der Waals surface area contributed by atoms with E-state index in [9.17, 15) is 22.8 Å². The summed E-state index contributed by atoms with van der Waals surface area (Å²) >= 11 is 2.62. The Balaban J connectivity index is 0.00000142. The molecule has 204 valence electrons. The van der Waals surface area contributed by atoms with Gasteiger partial charge in [0.05, 0.1) is 4.88 Å². The molecule has 2 aromatic heterocycles. The molecule has 5 N–H and O–H groups in total. The van der Waals surface area contributed by atoms with Gasteiger partial charge in [0.25, 0.3) is 5.91 Å². The van der Waals surface area contributed by atoms with Gasteiger partial charge >= 0.3 is 12.1 Å². The summed E-state index contributed by atoms with van der Waals surface area (Å²) in [5, 5.41) is 15.7. The first-order valence-electron chi connectivity index (χ1n) is 10.7. The van der Waals surface area contributed by atoms with Gasteiger partial charge in [-0.25, -0.2) is 9.78 Å². The standard InChI is InChI=1S/C21H25N5O2S2.C2HF3O2.2H2/c1-12-9-10-29-17(12)16(27)18-19(22)25-21(30-18)24-15-7-5-14(6-8-15)20(28)23-13(2)11-26(3)4;3-2(4,5)1(6)7;;/h5-10,13H,11,22H2,1-4H3,(H,23,28)(H,24,25);(H,6,7);2*1H/t13-;;;/m1.../s1. The molecule has 3 aromatic rings. The van der Waals surface area contributed by atoms with Crippen molar-refractivity contribution < 1.29 is 35.5 Å². The fraction of sp³-hybridized carbons (Fsp3) is 0.304. The first-order valence-corrected chi connectivity index (χ1v) is 12.4. The molecule has 37 heavy (non-hydrogen) atoms. The van der Waals surface area contributed by atoms with Gasteiger partial charge < -0.3 is 26.4 Å². The van der Waals surface area contributed by atoms with Gasteiger partial charge in [0.1, 0.15) is 10.7 Å². The van der Waals surface area contributed by atoms with E-state index in [4.69, 9.17) is 15.6 Å². The average Bonchev–Trinajstić information content (AvgIpc) is 3.38. The summed E-state index contributed by atoms with van der Waals surface area (Å²) in [6, 6.07) is 9.05. The zero-order chi connectivity index (χ0) is 27.9. The van der Waals surface area contributed by atoms with E-state index >= 15 is 0 Å². The smallest absolute Gasteiger partial charge is 0.475 e. The summed E-state index contributed by atoms with van der Waals surface area (Å²) in [5.74, 6) is -2.77. The van der Waals surface area contributed by atoms with E-state index in [1.54, 1.807) is 24.3 Å². The normalized spacial score (nSPS) is 11.9. The van der Waals surface area contributed by atoms with Crippen molar-refractivity contribution in [1.82, 2.24) is 15.2 Å². The largest absolute Gasteiger partial charge is 0.490 e. The van der Waals surface area contributed by atoms with Crippen molar-refractivity contribution in [3.05, 3.63) is 56.6 Å². The molecular weight excluding hydrogens is 531 g/mol. The van der Waals surface area contributed by atoms with Crippen molar-refractivity contribution in [2.24, 2.45) is 0 Å². The summed E-state index contributed by atoms with van der Waals surface area (Å²) in [6.07, 6.45) is -5.08. The zero-order valence-electron chi connectivity index (χ0n) is 20.3. The summed E-state index contributed by atoms with van der Waals surface area (Å²) in [5.41, 5.74) is 8.25. The van der Waals surface area contributed by atoms with Crippen LogP contribution < -0.4 is 16.4 Å². The first-order chi connectivity index (χ1) is 17.2. The number of carboxylic acid groups (broad SMARTS) is 1. The van der Waals surface area contributed by atoms with Crippen molar-refractivity contribution in [3.63, 3.8) is 0 Å². The van der Waals surface area contributed by atoms with Crippen LogP contribution in [0.3, 0.4) is 0 Å². The number of amides is 1. The lowest BCUT2D eigenvalue weighted by Crippen LogP contribution is -2.39. The Morgan fingerprint density at radius 1 is 1.16 bits per heavy atom. The van der Waals surface area contributed by atoms with Gasteiger partial charge in [-0.1, -0.05) is 11.3 Å². The lowest BCUT2D eigenvalue weighted by atomic mass is 10.2. The summed E-state index contributed by atoms with van der Waals surface area (Å²) in [6.45, 7) is 4.64. The number of hydrogen-bond donors (Lipinski definition) is 4. The SMILES string of the molecule is Cc1ccsc1C(=O)c1sc(Nc2ccc(C(=O)N[C@H](C)CN(C)C)cc2)nc1N.O=C(O)C(F)(F)F.[HH].[HH]. The number of halogens is 3. The minimum atomic E-state index is -5.08. The maximum Gasteiger partial charge on any atom is 0.490 e. The van der Waals surface area contributed by atoms with E-state index in [2.05, 4.69) is 15.6 Å². The third-order valence-corrected chi connectivity index (χ3v) is 6.59. The predicted molar refractivity (Wildman–Crippen MR) is 142 cm³/mol. The maximum absolute atomic E-state index is 12.7. The van der Waals surface area contributed by atoms with Crippen molar-refractivity contribution in [1.29, 1.82) is 0 Å². The van der Waals surface area contributed by atoms with Crippen LogP contribution in [0.2, 0.25) is 0 Å². The van der Waals surface area contributed by atoms with Crippen LogP contribution in [0.4, 0.5) is 29.8 Å². The van der Waals surface area contributed by atoms with E-state index in [1.807, 2.05) is 44.3 Å². The van der Waals surface area contributed by atoms with Gasteiger partial charge in [-0.15, -0.1) is 11.3 Å². The van der Waals surface area contributed by atoms with Gasteiger partial charge in [-0.05, 0) is 69.2 Å². The molecule has 0 saturated carbocycles. The van der Waals surface area contributed by atoms with Crippen LogP contribution in [0.25, 0.3) is 0 Å². The van der Waals surface area contributed by atoms with Crippen LogP contribution in [0, 0.1) is 6.92 Å². The number of aliphatic carboxylic acids is 1. The molecular formula is C23H30F3N5O4S2. The van der Waals surface area contributed by atoms with Crippen LogP contribution >= 0.6 is 22.7 Å². The lowest BCUT2D eigenvalue weighted by molar-refractivity contribution is -0.192. The molecule has 9 nitrogen and oxygen atoms in total. The second-order valence-electron chi connectivity index (χ2n) is 8.14. The number of hydrogen-bond acceptors (Lipinski definition) is 9. The number of thiophene rings is 1. The highest BCUT2D eigenvalue weighted by Gasteiger charge is 2.38. The number of alkyl halides is 3. The predicted octanol–water partition coefficient (Wildman–Crippen LogP) is 4.88. The van der Waals surface area contributed by atoms with Gasteiger partial charge in [0, 0.05) is 26.7 Å². The van der Waals surface area contributed by atoms with Gasteiger partial charge in [0.2, 0.25) is 5.78 Å². The maximum atomic E-state index is 12.7. The van der Waals surface area contributed by atoms with Gasteiger partial charge in [0.15, 0.2) is 5.13 Å². The van der Waals surface area contributed by atoms with Crippen molar-refractivity contribution in [2.75, 3.05) is 31.7 Å². The molecule has 1 aromatic carbocycles. The van der Waals surface area contributed by atoms with Crippen LogP contribution in [-0.2, 0) is 4.79 Å². The second kappa shape index (κ2) is 12.7. The molecule has 0 bridgehead atoms. The fourth-order valence-corrected chi connectivity index (χ4v) is 4.77. The Labute approximate surface area is 222 Å². The number of benzene rings is 1. The summed E-state index contributed by atoms with van der Waals surface area (Å²) in [7, 11) is 3.93. The Kier molecular flexibility index (Phi) is 10.2. The Bertz CT molecular complexity index is 1250. The third kappa shape index (κ3) is 8.84. The minimum Gasteiger partial charge on any atom is -0.475 e. The fourth-order valence-electron chi connectivity index (χ4n) is 2.99. The number of thiazole rings is 1. The molecule has 0 aliphatic heterocycles. The molecule has 1 atom stereocenters. The van der Waals surface area contributed by atoms with Crippen LogP contribution in [-0.4, -0.2) is 65.5 Å². The average molecular weight is 562 g/mol. The minimum absolute atomic E-state index is 0. The monoisotopic (exact) mass is 561 g/mol. The number of nitrogens with zero attached hydrogens (tertiary/aromatic N) is 2. The van der Waals surface area contributed by atoms with Crippen LogP contribution in [0.15, 0.2) is 35.7 Å². The van der Waals surface area contributed by atoms with E-state index in [0.29, 0.717) is 20.4 Å². The van der Waals surface area contributed by atoms with Gasteiger partial charge in [-0.3, -0.25) is 9.59 Å². The number of aryl methyl sites for hydroxylation is 1. The molecule has 0 aliphatic carbocycles. The number of carboxylic acids is 1. The summed E-state index contributed by atoms with van der Waals surface area (Å²) < 4.78 is 31.7. The number of nitrogen functional groups attached to an aromatic ring is 1. The number of anilines is 3. The van der Waals surface area contributed by atoms with E-state index in [-0.39, 0.29) is 26.4 Å². The Hall–Kier alpha value is -3.49. The molecule has 0 saturated heterocycles. The van der Waals surface area contributed by atoms with Crippen molar-refractivity contribution in [2.45, 2.75) is 26.1 Å². The molecule has 0 radical (unpaired) electrons. The van der Waals surface area contributed by atoms with Crippen LogP contribution in [0.1, 0.15) is 40.2 Å². The number of carbonyl (C=O) groups excluding carboxylic acids is 2. The second-order valence-corrected chi connectivity index (χ2v) is 10.1. The molecule has 2 heterocycles. The molecule has 0 unspecified atom stereocenters. The van der Waals surface area contributed by atoms with Crippen molar-refractivity contribution >= 4 is 57.0 Å². The number of rotatable bonds is 8. The topological polar surface area (TPSA) is 138 Å². The quantitative estimate of drug-likeness (QED) is 0.286. The highest BCUT2D eigenvalue weighted by Crippen LogP contribution is 2.31. The van der Waals surface area contributed by atoms with E-state index in [1.165, 1.54) is 22.7 Å². The molecule has 0 fully saturated rings. The van der Waals surface area contributed by atoms with E-state index < -0.39 is 12.1 Å². The highest BCUT2D eigenvalue weighted by atomic mass is 32.1. The Morgan fingerprint density at radius 3 is 2.24 bits per heavy atom. The highest BCUT2D eigenvalue weighted by molar-refractivity contribution is 7.19. The van der Waals surface area contributed by atoms with Gasteiger partial charge in [-0.2, -0.15) is 13.2 Å². The number of ketones is 1. The molecule has 0 aliphatic rings. The van der Waals surface area contributed by atoms with Crippen molar-refractivity contribution in [3.8, 4) is 0 Å². The first kappa shape index (κ1) is 29.7. The van der Waals surface area contributed by atoms with Crippen LogP contribution in [0.5, 0.6) is 0 Å². The zero-order valence-corrected chi connectivity index (χ0v) is 22.0. The molecule has 0 spiro atoms. The molecule has 1 amide bonds. The van der Waals surface area contributed by atoms with E-state index in [0.717, 1.165) is 17.8 Å². The lowest BCUT2D eigenvalue weighted by Gasteiger charge is -2.18. The number of nitrogens with two attached hydrogens (primary N) is 1. The molecule has 3 rings (SSSR count). The number of likely N-dealkylation sites (N-methyl/N-ethyl adjacent to an activating group) is 1. The summed E-state index contributed by atoms with van der Waals surface area (Å²) in [4.78, 5) is 41.4. The third-order valence-electron chi connectivity index (χ3n) is 4.59. The number of carbonyl (C=O) groups is 3.